The molecule has 0 aromatic heterocycles. The molecule has 2 aliphatic rings. The third-order valence-corrected chi connectivity index (χ3v) is 6.34. The minimum absolute atomic E-state index is 0.107. The number of nitrogens with one attached hydrogen (secondary N) is 1. The molecule has 6 heteroatoms. The van der Waals surface area contributed by atoms with Crippen molar-refractivity contribution in [2.24, 2.45) is 5.92 Å². The zero-order chi connectivity index (χ0) is 14.3. The topological polar surface area (TPSA) is 49.4 Å². The number of fused-ring (bicyclic) bond motifs is 2. The Morgan fingerprint density at radius 2 is 2.20 bits per heavy atom. The maximum atomic E-state index is 13.5. The number of rotatable bonds is 4. The van der Waals surface area contributed by atoms with Gasteiger partial charge in [0.05, 0.1) is 4.90 Å². The minimum Gasteiger partial charge on any atom is -0.316 e. The maximum absolute atomic E-state index is 13.5. The van der Waals surface area contributed by atoms with Gasteiger partial charge in [0.15, 0.2) is 0 Å². The molecule has 4 nitrogen and oxygen atoms in total. The largest absolute Gasteiger partial charge is 0.316 e. The third-order valence-electron chi connectivity index (χ3n) is 4.34. The number of benzene rings is 1. The van der Waals surface area contributed by atoms with Gasteiger partial charge in [-0.25, -0.2) is 12.8 Å². The second kappa shape index (κ2) is 5.09. The van der Waals surface area contributed by atoms with Crippen LogP contribution in [0.25, 0.3) is 0 Å². The second-order valence-corrected chi connectivity index (χ2v) is 7.55. The molecule has 0 spiro atoms. The molecule has 2 bridgehead atoms. The fraction of sp³-hybridized carbons (Fsp3) is 0.571. The lowest BCUT2D eigenvalue weighted by Gasteiger charge is -2.27. The fourth-order valence-electron chi connectivity index (χ4n) is 3.41. The van der Waals surface area contributed by atoms with Crippen LogP contribution in [0, 0.1) is 11.7 Å². The van der Waals surface area contributed by atoms with E-state index in [4.69, 9.17) is 0 Å². The van der Waals surface area contributed by atoms with Gasteiger partial charge in [0, 0.05) is 19.1 Å². The summed E-state index contributed by atoms with van der Waals surface area (Å²) < 4.78 is 40.7. The van der Waals surface area contributed by atoms with Crippen molar-refractivity contribution >= 4 is 10.0 Å². The van der Waals surface area contributed by atoms with Crippen LogP contribution in [0.3, 0.4) is 0 Å². The van der Waals surface area contributed by atoms with E-state index < -0.39 is 15.8 Å². The molecule has 1 N–H and O–H groups in total. The standard InChI is InChI=1S/C14H19FN2O2S/c1-16-8-11-3-4-12(15)7-14(11)20(18,19)17-9-10-2-5-13(17)6-10/h3-4,7,10,13,16H,2,5-6,8-9H2,1H3. The number of nitrogens with zero attached hydrogens (tertiary/aromatic N) is 1. The molecule has 20 heavy (non-hydrogen) atoms. The average Bonchev–Trinajstić information content (AvgIpc) is 3.03. The van der Waals surface area contributed by atoms with Crippen LogP contribution in [-0.4, -0.2) is 32.4 Å². The number of sulfonamides is 1. The van der Waals surface area contributed by atoms with Gasteiger partial charge in [-0.2, -0.15) is 4.31 Å². The first-order valence-corrected chi connectivity index (χ1v) is 8.41. The molecular formula is C14H19FN2O2S. The summed E-state index contributed by atoms with van der Waals surface area (Å²) in [4.78, 5) is 0.111. The molecule has 0 amide bonds. The zero-order valence-corrected chi connectivity index (χ0v) is 12.3. The van der Waals surface area contributed by atoms with E-state index in [0.717, 1.165) is 25.3 Å². The molecule has 2 fully saturated rings. The molecule has 110 valence electrons. The van der Waals surface area contributed by atoms with E-state index in [-0.39, 0.29) is 10.9 Å². The summed E-state index contributed by atoms with van der Waals surface area (Å²) in [6.45, 7) is 0.999. The van der Waals surface area contributed by atoms with Gasteiger partial charge in [-0.05, 0) is 49.9 Å². The molecule has 1 aromatic rings. The van der Waals surface area contributed by atoms with Crippen LogP contribution in [0.5, 0.6) is 0 Å². The fourth-order valence-corrected chi connectivity index (χ4v) is 5.38. The van der Waals surface area contributed by atoms with Gasteiger partial charge >= 0.3 is 0 Å². The van der Waals surface area contributed by atoms with E-state index in [1.54, 1.807) is 17.4 Å². The first-order chi connectivity index (χ1) is 9.52. The normalized spacial score (nSPS) is 26.3. The smallest absolute Gasteiger partial charge is 0.243 e. The molecule has 3 rings (SSSR count). The minimum atomic E-state index is -3.59. The molecule has 1 heterocycles. The summed E-state index contributed by atoms with van der Waals surface area (Å²) in [6, 6.07) is 4.11. The number of halogens is 1. The molecule has 1 aromatic carbocycles. The Morgan fingerprint density at radius 3 is 2.80 bits per heavy atom. The molecular weight excluding hydrogens is 279 g/mol. The lowest BCUT2D eigenvalue weighted by molar-refractivity contribution is 0.333. The van der Waals surface area contributed by atoms with Crippen molar-refractivity contribution in [3.8, 4) is 0 Å². The predicted molar refractivity (Wildman–Crippen MR) is 74.2 cm³/mol. The Kier molecular flexibility index (Phi) is 3.56. The van der Waals surface area contributed by atoms with Gasteiger partial charge in [-0.3, -0.25) is 0 Å². The van der Waals surface area contributed by atoms with Crippen LogP contribution in [0.4, 0.5) is 4.39 Å². The summed E-state index contributed by atoms with van der Waals surface area (Å²) in [7, 11) is -1.84. The Balaban J connectivity index is 2.00. The zero-order valence-electron chi connectivity index (χ0n) is 11.5. The summed E-state index contributed by atoms with van der Waals surface area (Å²) in [5, 5.41) is 2.94. The summed E-state index contributed by atoms with van der Waals surface area (Å²) in [5.74, 6) is -0.0242. The van der Waals surface area contributed by atoms with Crippen molar-refractivity contribution in [3.05, 3.63) is 29.6 Å². The van der Waals surface area contributed by atoms with E-state index in [1.165, 1.54) is 6.07 Å². The monoisotopic (exact) mass is 298 g/mol. The van der Waals surface area contributed by atoms with Crippen molar-refractivity contribution < 1.29 is 12.8 Å². The van der Waals surface area contributed by atoms with Gasteiger partial charge in [-0.15, -0.1) is 0 Å². The highest BCUT2D eigenvalue weighted by Gasteiger charge is 2.44. The molecule has 2 unspecified atom stereocenters. The average molecular weight is 298 g/mol. The molecule has 1 aliphatic carbocycles. The van der Waals surface area contributed by atoms with Gasteiger partial charge in [0.2, 0.25) is 10.0 Å². The Bertz CT molecular complexity index is 618. The van der Waals surface area contributed by atoms with Crippen LogP contribution in [0.15, 0.2) is 23.1 Å². The van der Waals surface area contributed by atoms with E-state index in [9.17, 15) is 12.8 Å². The Labute approximate surface area is 119 Å². The molecule has 1 aliphatic heterocycles. The van der Waals surface area contributed by atoms with Crippen LogP contribution >= 0.6 is 0 Å². The molecule has 0 radical (unpaired) electrons. The SMILES string of the molecule is CNCc1ccc(F)cc1S(=O)(=O)N1CC2CCC1C2. The van der Waals surface area contributed by atoms with Crippen molar-refractivity contribution in [2.75, 3.05) is 13.6 Å². The summed E-state index contributed by atoms with van der Waals surface area (Å²) in [5.41, 5.74) is 0.622. The lowest BCUT2D eigenvalue weighted by atomic mass is 10.1. The third kappa shape index (κ3) is 2.25. The van der Waals surface area contributed by atoms with Crippen molar-refractivity contribution in [3.63, 3.8) is 0 Å². The highest BCUT2D eigenvalue weighted by molar-refractivity contribution is 7.89. The highest BCUT2D eigenvalue weighted by atomic mass is 32.2. The van der Waals surface area contributed by atoms with Crippen LogP contribution in [0.2, 0.25) is 0 Å². The Hall–Kier alpha value is -0.980. The quantitative estimate of drug-likeness (QED) is 0.921. The maximum Gasteiger partial charge on any atom is 0.243 e. The Morgan fingerprint density at radius 1 is 1.40 bits per heavy atom. The number of piperidine rings is 1. The molecule has 1 saturated heterocycles. The van der Waals surface area contributed by atoms with Crippen LogP contribution in [-0.2, 0) is 16.6 Å². The highest BCUT2D eigenvalue weighted by Crippen LogP contribution is 2.40. The van der Waals surface area contributed by atoms with Crippen molar-refractivity contribution in [1.82, 2.24) is 9.62 Å². The van der Waals surface area contributed by atoms with E-state index in [1.807, 2.05) is 0 Å². The lowest BCUT2D eigenvalue weighted by Crippen LogP contribution is -2.38. The first-order valence-electron chi connectivity index (χ1n) is 6.97. The number of hydrogen-bond acceptors (Lipinski definition) is 3. The molecule has 1 saturated carbocycles. The van der Waals surface area contributed by atoms with Crippen LogP contribution < -0.4 is 5.32 Å². The van der Waals surface area contributed by atoms with Gasteiger partial charge < -0.3 is 5.32 Å². The summed E-state index contributed by atoms with van der Waals surface area (Å²) in [6.07, 6.45) is 3.00. The van der Waals surface area contributed by atoms with Gasteiger partial charge in [0.25, 0.3) is 0 Å². The van der Waals surface area contributed by atoms with Gasteiger partial charge in [0.1, 0.15) is 5.82 Å². The number of hydrogen-bond donors (Lipinski definition) is 1. The first kappa shape index (κ1) is 14.0. The van der Waals surface area contributed by atoms with E-state index >= 15 is 0 Å². The van der Waals surface area contributed by atoms with Crippen LogP contribution in [0.1, 0.15) is 24.8 Å². The van der Waals surface area contributed by atoms with Crippen molar-refractivity contribution in [1.29, 1.82) is 0 Å². The predicted octanol–water partition coefficient (Wildman–Crippen LogP) is 1.72. The van der Waals surface area contributed by atoms with E-state index in [2.05, 4.69) is 5.32 Å². The van der Waals surface area contributed by atoms with Gasteiger partial charge in [-0.1, -0.05) is 6.07 Å². The summed E-state index contributed by atoms with van der Waals surface area (Å²) >= 11 is 0. The molecule has 2 atom stereocenters. The van der Waals surface area contributed by atoms with E-state index in [0.29, 0.717) is 24.6 Å². The van der Waals surface area contributed by atoms with Crippen molar-refractivity contribution in [2.45, 2.75) is 36.7 Å². The second-order valence-electron chi connectivity index (χ2n) is 5.69.